The molecule has 0 saturated carbocycles. The zero-order chi connectivity index (χ0) is 29.7. The van der Waals surface area contributed by atoms with Gasteiger partial charge in [-0.2, -0.15) is 4.57 Å². The largest absolute Gasteiger partial charge is 1.00 e. The number of nitrogens with zero attached hydrogens (tertiary/aromatic N) is 2. The van der Waals surface area contributed by atoms with Crippen molar-refractivity contribution < 1.29 is 17.0 Å². The van der Waals surface area contributed by atoms with Crippen LogP contribution < -0.4 is 21.9 Å². The zero-order valence-corrected chi connectivity index (χ0v) is 27.2. The minimum absolute atomic E-state index is 0. The van der Waals surface area contributed by atoms with Gasteiger partial charge < -0.3 is 17.3 Å². The average Bonchev–Trinajstić information content (AvgIpc) is 3.60. The first kappa shape index (κ1) is 28.8. The Labute approximate surface area is 283 Å². The van der Waals surface area contributed by atoms with Crippen LogP contribution in [-0.2, 0) is 0 Å². The predicted octanol–water partition coefficient (Wildman–Crippen LogP) is 7.78. The van der Waals surface area contributed by atoms with Gasteiger partial charge in [0.25, 0.3) is 5.01 Å². The molecule has 5 heteroatoms. The minimum Gasteiger partial charge on any atom is -1.00 e. The Kier molecular flexibility index (Phi) is 7.50. The van der Waals surface area contributed by atoms with Crippen molar-refractivity contribution in [1.29, 1.82) is 0 Å². The van der Waals surface area contributed by atoms with E-state index in [4.69, 9.17) is 0 Å². The minimum atomic E-state index is 0. The molecule has 6 aromatic carbocycles. The highest BCUT2D eigenvalue weighted by molar-refractivity contribution is 8.03. The molecular formula is C41H29ClN2S2. The Morgan fingerprint density at radius 2 is 1.11 bits per heavy atom. The maximum Gasteiger partial charge on any atom is 0.266 e. The van der Waals surface area contributed by atoms with E-state index in [0.29, 0.717) is 0 Å². The molecule has 2 nitrogen and oxygen atoms in total. The number of benzene rings is 6. The summed E-state index contributed by atoms with van der Waals surface area (Å²) in [6, 6.07) is 57.7. The lowest BCUT2D eigenvalue weighted by Gasteiger charge is -2.33. The number of halogens is 1. The maximum atomic E-state index is 2.62. The van der Waals surface area contributed by atoms with Crippen LogP contribution in [0.2, 0.25) is 0 Å². The van der Waals surface area contributed by atoms with Crippen LogP contribution in [0.5, 0.6) is 0 Å². The van der Waals surface area contributed by atoms with Crippen LogP contribution in [0.15, 0.2) is 168 Å². The fourth-order valence-corrected chi connectivity index (χ4v) is 9.17. The Morgan fingerprint density at radius 1 is 0.543 bits per heavy atom. The number of anilines is 1. The summed E-state index contributed by atoms with van der Waals surface area (Å²) in [7, 11) is 0. The lowest BCUT2D eigenvalue weighted by Crippen LogP contribution is -3.00. The molecule has 0 bridgehead atoms. The van der Waals surface area contributed by atoms with E-state index in [2.05, 4.69) is 173 Å². The van der Waals surface area contributed by atoms with E-state index < -0.39 is 0 Å². The monoisotopic (exact) mass is 648 g/mol. The summed E-state index contributed by atoms with van der Waals surface area (Å²) in [5.41, 5.74) is 10.1. The van der Waals surface area contributed by atoms with Crippen LogP contribution in [0.3, 0.4) is 0 Å². The molecule has 0 aliphatic carbocycles. The first-order valence-electron chi connectivity index (χ1n) is 15.3. The molecule has 7 aromatic rings. The van der Waals surface area contributed by atoms with E-state index in [9.17, 15) is 0 Å². The van der Waals surface area contributed by atoms with Crippen LogP contribution in [-0.4, -0.2) is 0 Å². The molecule has 0 saturated heterocycles. The van der Waals surface area contributed by atoms with E-state index in [1.54, 1.807) is 0 Å². The van der Waals surface area contributed by atoms with Gasteiger partial charge in [0.1, 0.15) is 10.7 Å². The highest BCUT2D eigenvalue weighted by Crippen LogP contribution is 2.55. The van der Waals surface area contributed by atoms with Gasteiger partial charge in [0.05, 0.1) is 16.8 Å². The van der Waals surface area contributed by atoms with Gasteiger partial charge in [-0.1, -0.05) is 157 Å². The Bertz CT molecular complexity index is 2200. The van der Waals surface area contributed by atoms with Crippen molar-refractivity contribution in [3.63, 3.8) is 0 Å². The molecule has 2 unspecified atom stereocenters. The van der Waals surface area contributed by atoms with Crippen molar-refractivity contribution in [3.05, 3.63) is 179 Å². The van der Waals surface area contributed by atoms with E-state index in [1.807, 2.05) is 23.1 Å². The number of hydrogen-bond acceptors (Lipinski definition) is 3. The fraction of sp³-hybridized carbons (Fsp3) is 0.0488. The van der Waals surface area contributed by atoms with Gasteiger partial charge in [0.2, 0.25) is 11.6 Å². The molecule has 0 fully saturated rings. The Balaban J connectivity index is 0.00000312. The molecule has 2 aliphatic rings. The molecule has 3 heterocycles. The summed E-state index contributed by atoms with van der Waals surface area (Å²) in [4.78, 5) is 3.92. The summed E-state index contributed by atoms with van der Waals surface area (Å²) < 4.78 is 3.92. The summed E-state index contributed by atoms with van der Waals surface area (Å²) in [5.74, 6) is 0. The van der Waals surface area contributed by atoms with Gasteiger partial charge in [0.15, 0.2) is 0 Å². The Hall–Kier alpha value is -4.61. The van der Waals surface area contributed by atoms with Crippen LogP contribution in [0.1, 0.15) is 28.2 Å². The summed E-state index contributed by atoms with van der Waals surface area (Å²) >= 11 is 3.77. The first-order valence-corrected chi connectivity index (χ1v) is 17.0. The normalized spacial score (nSPS) is 16.5. The fourth-order valence-electron chi connectivity index (χ4n) is 6.89. The molecule has 0 N–H and O–H groups in total. The molecule has 0 spiro atoms. The molecule has 1 aromatic heterocycles. The number of hydrogen-bond donors (Lipinski definition) is 0. The van der Waals surface area contributed by atoms with Gasteiger partial charge in [0, 0.05) is 16.5 Å². The van der Waals surface area contributed by atoms with Gasteiger partial charge in [-0.25, -0.2) is 0 Å². The lowest BCUT2D eigenvalue weighted by atomic mass is 9.91. The summed E-state index contributed by atoms with van der Waals surface area (Å²) in [5, 5.41) is 2.54. The van der Waals surface area contributed by atoms with Crippen LogP contribution in [0.4, 0.5) is 5.69 Å². The number of thioether (sulfide) groups is 1. The molecular weight excluding hydrogens is 620 g/mol. The van der Waals surface area contributed by atoms with Crippen molar-refractivity contribution in [3.8, 4) is 22.3 Å². The van der Waals surface area contributed by atoms with E-state index >= 15 is 0 Å². The van der Waals surface area contributed by atoms with E-state index in [-0.39, 0.29) is 24.5 Å². The molecule has 46 heavy (non-hydrogen) atoms. The van der Waals surface area contributed by atoms with Gasteiger partial charge >= 0.3 is 0 Å². The number of thiazole rings is 1. The molecule has 2 atom stereocenters. The van der Waals surface area contributed by atoms with Gasteiger partial charge in [-0.05, 0) is 46.0 Å². The van der Waals surface area contributed by atoms with Crippen molar-refractivity contribution in [1.82, 2.24) is 0 Å². The summed E-state index contributed by atoms with van der Waals surface area (Å²) in [6.45, 7) is 0. The SMILES string of the molecule is C1=C2Sc3ccc(-c4ccccc4)cc3N2C(c2ccccc2)C(c2ccccc2)[n+]2c1sc1ccc(-c3ccccc3)cc12.[Cl-]. The van der Waals surface area contributed by atoms with Crippen LogP contribution in [0.25, 0.3) is 38.5 Å². The molecule has 0 radical (unpaired) electrons. The third kappa shape index (κ3) is 4.85. The predicted molar refractivity (Wildman–Crippen MR) is 189 cm³/mol. The third-order valence-electron chi connectivity index (χ3n) is 8.94. The molecule has 0 amide bonds. The smallest absolute Gasteiger partial charge is 0.266 e. The van der Waals surface area contributed by atoms with Gasteiger partial charge in [-0.15, -0.1) is 0 Å². The van der Waals surface area contributed by atoms with Crippen LogP contribution in [0, 0.1) is 0 Å². The van der Waals surface area contributed by atoms with Crippen LogP contribution >= 0.6 is 23.1 Å². The average molecular weight is 649 g/mol. The topological polar surface area (TPSA) is 7.12 Å². The molecule has 222 valence electrons. The molecule has 9 rings (SSSR count). The number of aromatic nitrogens is 1. The lowest BCUT2D eigenvalue weighted by molar-refractivity contribution is -0.689. The number of fused-ring (bicyclic) bond motifs is 6. The van der Waals surface area contributed by atoms with E-state index in [1.165, 1.54) is 64.2 Å². The van der Waals surface area contributed by atoms with Crippen molar-refractivity contribution >= 4 is 45.1 Å². The van der Waals surface area contributed by atoms with Crippen molar-refractivity contribution in [2.24, 2.45) is 0 Å². The second kappa shape index (κ2) is 12.0. The third-order valence-corrected chi connectivity index (χ3v) is 11.1. The summed E-state index contributed by atoms with van der Waals surface area (Å²) in [6.07, 6.45) is 2.43. The van der Waals surface area contributed by atoms with Crippen molar-refractivity contribution in [2.75, 3.05) is 4.90 Å². The standard InChI is InChI=1S/C41H29N2S2.ClH/c1-5-13-28(14-6-1)32-21-23-36-34(25-32)42-38(44-36)27-39-43(35-26-33(22-24-37(35)45-39)29-15-7-2-8-16-29)41(31-19-11-4-12-20-31)40(42)30-17-9-3-10-18-30;/h1-27,40-41H;1H/q+1;/p-1. The zero-order valence-electron chi connectivity index (χ0n) is 24.8. The van der Waals surface area contributed by atoms with E-state index in [0.717, 1.165) is 0 Å². The van der Waals surface area contributed by atoms with Gasteiger partial charge in [-0.3, -0.25) is 0 Å². The second-order valence-corrected chi connectivity index (χ2v) is 13.7. The molecule has 2 aliphatic heterocycles. The second-order valence-electron chi connectivity index (χ2n) is 11.6. The number of rotatable bonds is 4. The highest BCUT2D eigenvalue weighted by atomic mass is 35.5. The highest BCUT2D eigenvalue weighted by Gasteiger charge is 2.47. The van der Waals surface area contributed by atoms with Crippen molar-refractivity contribution in [2.45, 2.75) is 17.0 Å². The first-order chi connectivity index (χ1) is 22.3. The quantitative estimate of drug-likeness (QED) is 0.180. The Morgan fingerprint density at radius 3 is 1.76 bits per heavy atom. The maximum absolute atomic E-state index is 2.62.